The fourth-order valence-electron chi connectivity index (χ4n) is 2.48. The van der Waals surface area contributed by atoms with Gasteiger partial charge in [0, 0.05) is 23.5 Å². The summed E-state index contributed by atoms with van der Waals surface area (Å²) >= 11 is 0. The van der Waals surface area contributed by atoms with Crippen molar-refractivity contribution in [3.05, 3.63) is 57.9 Å². The van der Waals surface area contributed by atoms with Crippen LogP contribution in [0.25, 0.3) is 0 Å². The summed E-state index contributed by atoms with van der Waals surface area (Å²) in [4.78, 5) is 10.9. The van der Waals surface area contributed by atoms with Crippen molar-refractivity contribution in [2.24, 2.45) is 0 Å². The van der Waals surface area contributed by atoms with Gasteiger partial charge in [0.1, 0.15) is 0 Å². The molecular formula is C16H13F6NO. The van der Waals surface area contributed by atoms with Crippen LogP contribution in [0, 0.1) is 13.8 Å². The number of benzene rings is 1. The van der Waals surface area contributed by atoms with Crippen molar-refractivity contribution < 1.29 is 31.1 Å². The highest BCUT2D eigenvalue weighted by molar-refractivity contribution is 5.77. The zero-order valence-electron chi connectivity index (χ0n) is 12.7. The van der Waals surface area contributed by atoms with Crippen LogP contribution in [0.3, 0.4) is 0 Å². The van der Waals surface area contributed by atoms with E-state index in [1.54, 1.807) is 13.8 Å². The zero-order valence-corrected chi connectivity index (χ0v) is 12.7. The topological polar surface area (TPSA) is 22.0 Å². The van der Waals surface area contributed by atoms with Gasteiger partial charge in [-0.1, -0.05) is 0 Å². The minimum absolute atomic E-state index is 0.0930. The lowest BCUT2D eigenvalue weighted by molar-refractivity contribution is -0.143. The molecule has 1 aromatic carbocycles. The Kier molecular flexibility index (Phi) is 4.52. The molecule has 1 aromatic heterocycles. The molecule has 0 unspecified atom stereocenters. The molecule has 0 radical (unpaired) electrons. The Bertz CT molecular complexity index is 738. The van der Waals surface area contributed by atoms with Crippen LogP contribution in [0.5, 0.6) is 0 Å². The van der Waals surface area contributed by atoms with Crippen LogP contribution in [0.15, 0.2) is 24.3 Å². The van der Waals surface area contributed by atoms with E-state index in [0.717, 1.165) is 0 Å². The maximum atomic E-state index is 12.9. The molecule has 24 heavy (non-hydrogen) atoms. The van der Waals surface area contributed by atoms with E-state index in [9.17, 15) is 31.1 Å². The van der Waals surface area contributed by atoms with Crippen LogP contribution in [-0.2, 0) is 18.9 Å². The van der Waals surface area contributed by atoms with Crippen molar-refractivity contribution in [3.8, 4) is 0 Å². The molecule has 0 saturated heterocycles. The Morgan fingerprint density at radius 1 is 0.917 bits per heavy atom. The minimum Gasteiger partial charge on any atom is -0.344 e. The third kappa shape index (κ3) is 3.63. The third-order valence-electron chi connectivity index (χ3n) is 3.73. The largest absolute Gasteiger partial charge is 0.416 e. The number of hydrogen-bond donors (Lipinski definition) is 0. The van der Waals surface area contributed by atoms with Crippen LogP contribution in [0.2, 0.25) is 0 Å². The first-order valence-corrected chi connectivity index (χ1v) is 6.83. The van der Waals surface area contributed by atoms with Crippen molar-refractivity contribution in [1.29, 1.82) is 0 Å². The summed E-state index contributed by atoms with van der Waals surface area (Å²) in [5.74, 6) is 0. The predicted octanol–water partition coefficient (Wildman–Crippen LogP) is 5.00. The van der Waals surface area contributed by atoms with Gasteiger partial charge < -0.3 is 4.57 Å². The van der Waals surface area contributed by atoms with Gasteiger partial charge in [-0.3, -0.25) is 4.79 Å². The first-order chi connectivity index (χ1) is 10.9. The van der Waals surface area contributed by atoms with E-state index < -0.39 is 23.5 Å². The van der Waals surface area contributed by atoms with Gasteiger partial charge in [0.05, 0.1) is 11.1 Å². The molecule has 0 atom stereocenters. The van der Waals surface area contributed by atoms with Gasteiger partial charge >= 0.3 is 12.4 Å². The lowest BCUT2D eigenvalue weighted by Gasteiger charge is -2.16. The number of nitrogens with zero attached hydrogens (tertiary/aromatic N) is 1. The van der Waals surface area contributed by atoms with Gasteiger partial charge in [0.15, 0.2) is 6.29 Å². The monoisotopic (exact) mass is 349 g/mol. The van der Waals surface area contributed by atoms with Crippen molar-refractivity contribution in [3.63, 3.8) is 0 Å². The minimum atomic E-state index is -4.88. The Morgan fingerprint density at radius 3 is 1.79 bits per heavy atom. The molecule has 2 nitrogen and oxygen atoms in total. The number of carbonyl (C=O) groups excluding carboxylic acids is 1. The summed E-state index contributed by atoms with van der Waals surface area (Å²) in [6.07, 6.45) is -9.18. The number of aryl methyl sites for hydroxylation is 1. The van der Waals surface area contributed by atoms with Crippen LogP contribution in [0.4, 0.5) is 26.3 Å². The second-order valence-corrected chi connectivity index (χ2v) is 5.44. The van der Waals surface area contributed by atoms with Crippen LogP contribution >= 0.6 is 0 Å². The molecule has 0 aliphatic heterocycles. The highest BCUT2D eigenvalue weighted by Crippen LogP contribution is 2.36. The molecule has 8 heteroatoms. The predicted molar refractivity (Wildman–Crippen MR) is 74.8 cm³/mol. The van der Waals surface area contributed by atoms with E-state index in [1.807, 2.05) is 0 Å². The summed E-state index contributed by atoms with van der Waals surface area (Å²) in [7, 11) is 0. The fourth-order valence-corrected chi connectivity index (χ4v) is 2.48. The van der Waals surface area contributed by atoms with Gasteiger partial charge in [0.2, 0.25) is 0 Å². The lowest BCUT2D eigenvalue weighted by Crippen LogP contribution is -2.13. The average molecular weight is 349 g/mol. The SMILES string of the molecule is Cc1cc(C=O)c(C)n1Cc1cc(C(F)(F)F)cc(C(F)(F)F)c1. The smallest absolute Gasteiger partial charge is 0.344 e. The van der Waals surface area contributed by atoms with Crippen molar-refractivity contribution in [2.45, 2.75) is 32.7 Å². The third-order valence-corrected chi connectivity index (χ3v) is 3.73. The standard InChI is InChI=1S/C16H13F6NO/c1-9-3-12(8-24)10(2)23(9)7-11-4-13(15(17,18)19)6-14(5-11)16(20,21)22/h3-6,8H,7H2,1-2H3. The number of aromatic nitrogens is 1. The number of aldehydes is 1. The molecule has 0 aliphatic rings. The number of halogens is 6. The Hall–Kier alpha value is -2.25. The van der Waals surface area contributed by atoms with Gasteiger partial charge in [-0.15, -0.1) is 0 Å². The normalized spacial score (nSPS) is 12.5. The number of carbonyl (C=O) groups is 1. The van der Waals surface area contributed by atoms with E-state index in [0.29, 0.717) is 35.4 Å². The molecule has 0 fully saturated rings. The van der Waals surface area contributed by atoms with Gasteiger partial charge in [-0.25, -0.2) is 0 Å². The highest BCUT2D eigenvalue weighted by Gasteiger charge is 2.36. The van der Waals surface area contributed by atoms with Crippen LogP contribution < -0.4 is 0 Å². The van der Waals surface area contributed by atoms with Gasteiger partial charge in [0.25, 0.3) is 0 Å². The Balaban J connectivity index is 2.54. The van der Waals surface area contributed by atoms with E-state index in [2.05, 4.69) is 0 Å². The van der Waals surface area contributed by atoms with Crippen molar-refractivity contribution in [2.75, 3.05) is 0 Å². The Labute approximate surface area is 133 Å². The molecule has 0 saturated carbocycles. The number of alkyl halides is 6. The summed E-state index contributed by atoms with van der Waals surface area (Å²) in [5.41, 5.74) is -1.46. The average Bonchev–Trinajstić information content (AvgIpc) is 2.72. The van der Waals surface area contributed by atoms with Crippen LogP contribution in [-0.4, -0.2) is 10.9 Å². The second kappa shape index (κ2) is 5.99. The molecule has 0 bridgehead atoms. The van der Waals surface area contributed by atoms with Gasteiger partial charge in [-0.05, 0) is 43.7 Å². The summed E-state index contributed by atoms with van der Waals surface area (Å²) in [6, 6.07) is 3.00. The zero-order chi connectivity index (χ0) is 18.3. The van der Waals surface area contributed by atoms with E-state index >= 15 is 0 Å². The van der Waals surface area contributed by atoms with Crippen molar-refractivity contribution >= 4 is 6.29 Å². The molecule has 0 aliphatic carbocycles. The molecule has 2 aromatic rings. The van der Waals surface area contributed by atoms with E-state index in [-0.39, 0.29) is 18.2 Å². The Morgan fingerprint density at radius 2 is 1.42 bits per heavy atom. The van der Waals surface area contributed by atoms with Crippen molar-refractivity contribution in [1.82, 2.24) is 4.57 Å². The number of rotatable bonds is 3. The first-order valence-electron chi connectivity index (χ1n) is 6.83. The molecule has 130 valence electrons. The molecule has 2 rings (SSSR count). The molecule has 0 spiro atoms. The lowest BCUT2D eigenvalue weighted by atomic mass is 10.0. The summed E-state index contributed by atoms with van der Waals surface area (Å²) < 4.78 is 78.7. The fraction of sp³-hybridized carbons (Fsp3) is 0.312. The first kappa shape index (κ1) is 18.1. The maximum absolute atomic E-state index is 12.9. The molecule has 0 N–H and O–H groups in total. The quantitative estimate of drug-likeness (QED) is 0.564. The number of hydrogen-bond acceptors (Lipinski definition) is 1. The molecule has 1 heterocycles. The second-order valence-electron chi connectivity index (χ2n) is 5.44. The summed E-state index contributed by atoms with van der Waals surface area (Å²) in [6.45, 7) is 3.01. The highest BCUT2D eigenvalue weighted by atomic mass is 19.4. The van der Waals surface area contributed by atoms with E-state index in [4.69, 9.17) is 0 Å². The van der Waals surface area contributed by atoms with Gasteiger partial charge in [-0.2, -0.15) is 26.3 Å². The van der Waals surface area contributed by atoms with Crippen LogP contribution in [0.1, 0.15) is 38.4 Å². The molecular weight excluding hydrogens is 336 g/mol. The summed E-state index contributed by atoms with van der Waals surface area (Å²) in [5, 5.41) is 0. The molecule has 0 amide bonds. The van der Waals surface area contributed by atoms with E-state index in [1.165, 1.54) is 10.6 Å². The maximum Gasteiger partial charge on any atom is 0.416 e.